The number of aromatic nitrogens is 2. The zero-order valence-electron chi connectivity index (χ0n) is 14.3. The molecule has 2 heterocycles. The van der Waals surface area contributed by atoms with Gasteiger partial charge in [0.15, 0.2) is 0 Å². The van der Waals surface area contributed by atoms with Crippen LogP contribution >= 0.6 is 0 Å². The number of aryl methyl sites for hydroxylation is 1. The van der Waals surface area contributed by atoms with Gasteiger partial charge in [-0.05, 0) is 29.7 Å². The maximum Gasteiger partial charge on any atom is 0.261 e. The molecule has 0 unspecified atom stereocenters. The lowest BCUT2D eigenvalue weighted by Crippen LogP contribution is -2.14. The van der Waals surface area contributed by atoms with Gasteiger partial charge < -0.3 is 14.6 Å². The van der Waals surface area contributed by atoms with E-state index >= 15 is 0 Å². The van der Waals surface area contributed by atoms with E-state index < -0.39 is 0 Å². The molecule has 0 bridgehead atoms. The number of carbonyl (C=O) groups excluding carboxylic acids is 1. The van der Waals surface area contributed by atoms with Crippen molar-refractivity contribution < 1.29 is 9.53 Å². The van der Waals surface area contributed by atoms with Crippen molar-refractivity contribution in [2.75, 3.05) is 12.4 Å². The number of carbonyl (C=O) groups is 1. The minimum atomic E-state index is -0.234. The summed E-state index contributed by atoms with van der Waals surface area (Å²) in [7, 11) is 3.47. The predicted octanol–water partition coefficient (Wildman–Crippen LogP) is 3.96. The fourth-order valence-corrected chi connectivity index (χ4v) is 2.72. The van der Waals surface area contributed by atoms with Crippen molar-refractivity contribution in [1.29, 1.82) is 0 Å². The Morgan fingerprint density at radius 2 is 1.92 bits per heavy atom. The second-order valence-electron chi connectivity index (χ2n) is 6.10. The molecule has 1 amide bonds. The van der Waals surface area contributed by atoms with Crippen LogP contribution in [0.3, 0.4) is 0 Å². The molecule has 124 valence electrons. The van der Waals surface area contributed by atoms with Gasteiger partial charge in [-0.1, -0.05) is 26.0 Å². The summed E-state index contributed by atoms with van der Waals surface area (Å²) in [5.41, 5.74) is 3.19. The van der Waals surface area contributed by atoms with Crippen molar-refractivity contribution in [2.45, 2.75) is 19.8 Å². The largest absolute Gasteiger partial charge is 0.495 e. The van der Waals surface area contributed by atoms with Gasteiger partial charge in [0.2, 0.25) is 0 Å². The molecule has 2 aromatic heterocycles. The van der Waals surface area contributed by atoms with Crippen molar-refractivity contribution in [3.05, 3.63) is 53.9 Å². The number of methoxy groups -OCH3 is 1. The number of pyridine rings is 1. The second kappa shape index (κ2) is 6.35. The topological polar surface area (TPSA) is 56.1 Å². The number of fused-ring (bicyclic) bond motifs is 1. The summed E-state index contributed by atoms with van der Waals surface area (Å²) in [6, 6.07) is 9.77. The SMILES string of the molecule is COc1c(C(=O)Nc2ccc(C(C)C)cc2)cnc2c1ccn2C. The normalized spacial score (nSPS) is 11.0. The molecule has 0 saturated heterocycles. The lowest BCUT2D eigenvalue weighted by Gasteiger charge is -2.11. The van der Waals surface area contributed by atoms with Crippen LogP contribution in [0.5, 0.6) is 5.75 Å². The Hall–Kier alpha value is -2.82. The van der Waals surface area contributed by atoms with Gasteiger partial charge in [0.25, 0.3) is 5.91 Å². The summed E-state index contributed by atoms with van der Waals surface area (Å²) < 4.78 is 7.36. The highest BCUT2D eigenvalue weighted by Gasteiger charge is 2.18. The number of anilines is 1. The Bertz CT molecular complexity index is 880. The van der Waals surface area contributed by atoms with Gasteiger partial charge in [0, 0.05) is 25.1 Å². The summed E-state index contributed by atoms with van der Waals surface area (Å²) >= 11 is 0. The fourth-order valence-electron chi connectivity index (χ4n) is 2.72. The third-order valence-corrected chi connectivity index (χ3v) is 4.13. The van der Waals surface area contributed by atoms with Crippen molar-refractivity contribution in [3.8, 4) is 5.75 Å². The first-order chi connectivity index (χ1) is 11.5. The lowest BCUT2D eigenvalue weighted by molar-refractivity contribution is 0.102. The van der Waals surface area contributed by atoms with Gasteiger partial charge in [-0.25, -0.2) is 4.98 Å². The smallest absolute Gasteiger partial charge is 0.261 e. The first-order valence-electron chi connectivity index (χ1n) is 7.90. The minimum absolute atomic E-state index is 0.234. The first kappa shape index (κ1) is 16.1. The summed E-state index contributed by atoms with van der Waals surface area (Å²) in [6.07, 6.45) is 3.45. The number of amides is 1. The van der Waals surface area contributed by atoms with E-state index in [9.17, 15) is 4.79 Å². The molecule has 0 radical (unpaired) electrons. The van der Waals surface area contributed by atoms with E-state index in [1.807, 2.05) is 48.1 Å². The molecule has 5 nitrogen and oxygen atoms in total. The number of benzene rings is 1. The van der Waals surface area contributed by atoms with E-state index in [0.29, 0.717) is 17.2 Å². The van der Waals surface area contributed by atoms with Crippen molar-refractivity contribution in [1.82, 2.24) is 9.55 Å². The fraction of sp³-hybridized carbons (Fsp3) is 0.263. The molecule has 3 aromatic rings. The van der Waals surface area contributed by atoms with Crippen molar-refractivity contribution >= 4 is 22.6 Å². The molecular formula is C19H21N3O2. The number of nitrogens with zero attached hydrogens (tertiary/aromatic N) is 2. The summed E-state index contributed by atoms with van der Waals surface area (Å²) in [6.45, 7) is 4.28. The van der Waals surface area contributed by atoms with Crippen LogP contribution in [0.2, 0.25) is 0 Å². The number of ether oxygens (including phenoxy) is 1. The number of rotatable bonds is 4. The van der Waals surface area contributed by atoms with Crippen LogP contribution in [-0.4, -0.2) is 22.6 Å². The van der Waals surface area contributed by atoms with E-state index in [-0.39, 0.29) is 5.91 Å². The Labute approximate surface area is 141 Å². The van der Waals surface area contributed by atoms with Crippen LogP contribution in [0, 0.1) is 0 Å². The first-order valence-corrected chi connectivity index (χ1v) is 7.90. The van der Waals surface area contributed by atoms with E-state index in [2.05, 4.69) is 24.1 Å². The van der Waals surface area contributed by atoms with Crippen LogP contribution in [-0.2, 0) is 7.05 Å². The Morgan fingerprint density at radius 1 is 1.21 bits per heavy atom. The van der Waals surface area contributed by atoms with Gasteiger partial charge in [0.05, 0.1) is 12.5 Å². The van der Waals surface area contributed by atoms with Gasteiger partial charge in [-0.15, -0.1) is 0 Å². The number of nitrogens with one attached hydrogen (secondary N) is 1. The van der Waals surface area contributed by atoms with E-state index in [4.69, 9.17) is 4.74 Å². The van der Waals surface area contributed by atoms with Crippen molar-refractivity contribution in [2.24, 2.45) is 7.05 Å². The molecule has 3 rings (SSSR count). The third kappa shape index (κ3) is 2.85. The van der Waals surface area contributed by atoms with Crippen LogP contribution < -0.4 is 10.1 Å². The average molecular weight is 323 g/mol. The Kier molecular flexibility index (Phi) is 4.25. The summed E-state index contributed by atoms with van der Waals surface area (Å²) in [5, 5.41) is 3.73. The van der Waals surface area contributed by atoms with Crippen LogP contribution in [0.1, 0.15) is 35.7 Å². The molecule has 0 spiro atoms. The summed E-state index contributed by atoms with van der Waals surface area (Å²) in [4.78, 5) is 17.0. The quantitative estimate of drug-likeness (QED) is 0.791. The van der Waals surface area contributed by atoms with E-state index in [0.717, 1.165) is 16.7 Å². The molecule has 0 saturated carbocycles. The minimum Gasteiger partial charge on any atom is -0.495 e. The Morgan fingerprint density at radius 3 is 2.54 bits per heavy atom. The number of hydrogen-bond acceptors (Lipinski definition) is 3. The van der Waals surface area contributed by atoms with E-state index in [1.165, 1.54) is 5.56 Å². The lowest BCUT2D eigenvalue weighted by atomic mass is 10.0. The third-order valence-electron chi connectivity index (χ3n) is 4.13. The molecule has 5 heteroatoms. The summed E-state index contributed by atoms with van der Waals surface area (Å²) in [5.74, 6) is 0.763. The molecule has 0 aliphatic heterocycles. The molecule has 1 aromatic carbocycles. The molecule has 0 aliphatic rings. The highest BCUT2D eigenvalue weighted by Crippen LogP contribution is 2.29. The van der Waals surface area contributed by atoms with Crippen molar-refractivity contribution in [3.63, 3.8) is 0 Å². The van der Waals surface area contributed by atoms with Gasteiger partial charge in [-0.3, -0.25) is 4.79 Å². The second-order valence-corrected chi connectivity index (χ2v) is 6.10. The maximum atomic E-state index is 12.6. The monoisotopic (exact) mass is 323 g/mol. The highest BCUT2D eigenvalue weighted by molar-refractivity contribution is 6.09. The molecule has 24 heavy (non-hydrogen) atoms. The van der Waals surface area contributed by atoms with Crippen LogP contribution in [0.4, 0.5) is 5.69 Å². The van der Waals surface area contributed by atoms with E-state index in [1.54, 1.807) is 13.3 Å². The zero-order valence-corrected chi connectivity index (χ0v) is 14.3. The molecule has 0 atom stereocenters. The predicted molar refractivity (Wildman–Crippen MR) is 95.8 cm³/mol. The molecular weight excluding hydrogens is 302 g/mol. The standard InChI is InChI=1S/C19H21N3O2/c1-12(2)13-5-7-14(8-6-13)21-19(23)16-11-20-18-15(17(16)24-4)9-10-22(18)3/h5-12H,1-4H3,(H,21,23). The van der Waals surface area contributed by atoms with Gasteiger partial charge >= 0.3 is 0 Å². The Balaban J connectivity index is 1.91. The maximum absolute atomic E-state index is 12.6. The average Bonchev–Trinajstić information content (AvgIpc) is 2.95. The highest BCUT2D eigenvalue weighted by atomic mass is 16.5. The van der Waals surface area contributed by atoms with Gasteiger partial charge in [0.1, 0.15) is 17.0 Å². The van der Waals surface area contributed by atoms with Crippen LogP contribution in [0.25, 0.3) is 11.0 Å². The molecule has 1 N–H and O–H groups in total. The van der Waals surface area contributed by atoms with Crippen LogP contribution in [0.15, 0.2) is 42.7 Å². The zero-order chi connectivity index (χ0) is 17.3. The number of hydrogen-bond donors (Lipinski definition) is 1. The molecule has 0 fully saturated rings. The molecule has 0 aliphatic carbocycles. The van der Waals surface area contributed by atoms with Gasteiger partial charge in [-0.2, -0.15) is 0 Å².